The zero-order valence-corrected chi connectivity index (χ0v) is 19.7. The molecule has 0 aromatic heterocycles. The van der Waals surface area contributed by atoms with Crippen molar-refractivity contribution in [2.45, 2.75) is 18.2 Å². The van der Waals surface area contributed by atoms with Crippen molar-refractivity contribution < 1.29 is 29.0 Å². The highest BCUT2D eigenvalue weighted by Crippen LogP contribution is 2.35. The lowest BCUT2D eigenvalue weighted by atomic mass is 10.1. The molecule has 3 aromatic rings. The zero-order valence-electron chi connectivity index (χ0n) is 18.9. The van der Waals surface area contributed by atoms with Gasteiger partial charge < -0.3 is 19.9 Å². The number of amidine groups is 1. The van der Waals surface area contributed by atoms with Crippen molar-refractivity contribution >= 4 is 46.1 Å². The molecular formula is C26H21N3O6S. The number of para-hydroxylation sites is 1. The molecule has 0 bridgehead atoms. The van der Waals surface area contributed by atoms with Crippen molar-refractivity contribution in [1.82, 2.24) is 4.90 Å². The van der Waals surface area contributed by atoms with Gasteiger partial charge >= 0.3 is 5.97 Å². The maximum atomic E-state index is 13.3. The fourth-order valence-corrected chi connectivity index (χ4v) is 4.85. The zero-order chi connectivity index (χ0) is 25.1. The molecule has 10 heteroatoms. The third-order valence-electron chi connectivity index (χ3n) is 5.59. The Morgan fingerprint density at radius 2 is 1.78 bits per heavy atom. The lowest BCUT2D eigenvalue weighted by Crippen LogP contribution is -2.44. The third-order valence-corrected chi connectivity index (χ3v) is 6.78. The number of carboxylic acid groups (broad SMARTS) is 1. The van der Waals surface area contributed by atoms with Crippen LogP contribution in [0.4, 0.5) is 11.4 Å². The van der Waals surface area contributed by atoms with Gasteiger partial charge in [0.1, 0.15) is 5.25 Å². The summed E-state index contributed by atoms with van der Waals surface area (Å²) in [5, 5.41) is 11.5. The number of nitrogens with zero attached hydrogens (tertiary/aromatic N) is 2. The smallest absolute Gasteiger partial charge is 0.335 e. The standard InChI is InChI=1S/C26H21N3O6S/c30-23-13-22(24(31)27-19-9-7-17(8-10-19)25(32)33)36-26(28-18-4-2-1-3-5-18)29(23)14-16-6-11-20-21(12-16)35-15-34-20/h1-12,22H,13-15H2,(H,27,31)(H,32,33)/t22-/m1/s1. The maximum Gasteiger partial charge on any atom is 0.335 e. The first-order valence-electron chi connectivity index (χ1n) is 11.1. The number of thioether (sulfide) groups is 1. The van der Waals surface area contributed by atoms with E-state index in [1.165, 1.54) is 36.0 Å². The van der Waals surface area contributed by atoms with E-state index >= 15 is 0 Å². The van der Waals surface area contributed by atoms with Gasteiger partial charge in [-0.1, -0.05) is 36.0 Å². The van der Waals surface area contributed by atoms with Crippen molar-refractivity contribution in [3.63, 3.8) is 0 Å². The largest absolute Gasteiger partial charge is 0.478 e. The molecule has 3 aromatic carbocycles. The summed E-state index contributed by atoms with van der Waals surface area (Å²) in [5.74, 6) is -0.366. The van der Waals surface area contributed by atoms with Gasteiger partial charge in [0.15, 0.2) is 16.7 Å². The number of fused-ring (bicyclic) bond motifs is 1. The van der Waals surface area contributed by atoms with Crippen LogP contribution in [-0.2, 0) is 16.1 Å². The molecule has 2 aliphatic heterocycles. The third kappa shape index (κ3) is 5.18. The Morgan fingerprint density at radius 3 is 2.53 bits per heavy atom. The second kappa shape index (κ2) is 10.1. The summed E-state index contributed by atoms with van der Waals surface area (Å²) in [7, 11) is 0. The average molecular weight is 504 g/mol. The quantitative estimate of drug-likeness (QED) is 0.516. The van der Waals surface area contributed by atoms with Gasteiger partial charge in [0, 0.05) is 12.1 Å². The number of carboxylic acids is 1. The molecule has 0 spiro atoms. The van der Waals surface area contributed by atoms with E-state index in [-0.39, 0.29) is 37.1 Å². The summed E-state index contributed by atoms with van der Waals surface area (Å²) in [6, 6.07) is 20.6. The summed E-state index contributed by atoms with van der Waals surface area (Å²) < 4.78 is 10.8. The minimum absolute atomic E-state index is 0.0118. The van der Waals surface area contributed by atoms with Crippen molar-refractivity contribution in [3.8, 4) is 11.5 Å². The number of hydrogen-bond acceptors (Lipinski definition) is 7. The molecule has 2 aliphatic rings. The molecule has 182 valence electrons. The fourth-order valence-electron chi connectivity index (χ4n) is 3.75. The van der Waals surface area contributed by atoms with Gasteiger partial charge in [-0.3, -0.25) is 14.5 Å². The Hall–Kier alpha value is -4.31. The van der Waals surface area contributed by atoms with Crippen LogP contribution in [0.25, 0.3) is 0 Å². The predicted octanol–water partition coefficient (Wildman–Crippen LogP) is 4.27. The molecule has 5 rings (SSSR count). The molecule has 36 heavy (non-hydrogen) atoms. The normalized spacial score (nSPS) is 17.8. The monoisotopic (exact) mass is 503 g/mol. The Labute approximate surface area is 210 Å². The molecule has 2 amide bonds. The predicted molar refractivity (Wildman–Crippen MR) is 135 cm³/mol. The van der Waals surface area contributed by atoms with Gasteiger partial charge in [0.25, 0.3) is 0 Å². The number of rotatable bonds is 6. The second-order valence-corrected chi connectivity index (χ2v) is 9.25. The molecule has 2 heterocycles. The van der Waals surface area contributed by atoms with Crippen LogP contribution >= 0.6 is 11.8 Å². The highest BCUT2D eigenvalue weighted by atomic mass is 32.2. The summed E-state index contributed by atoms with van der Waals surface area (Å²) in [4.78, 5) is 43.6. The van der Waals surface area contributed by atoms with E-state index < -0.39 is 11.2 Å². The summed E-state index contributed by atoms with van der Waals surface area (Å²) in [5.41, 5.74) is 2.07. The van der Waals surface area contributed by atoms with Gasteiger partial charge in [-0.05, 0) is 54.1 Å². The number of aromatic carboxylic acids is 1. The summed E-state index contributed by atoms with van der Waals surface area (Å²) in [6.45, 7) is 0.424. The number of benzene rings is 3. The number of hydrogen-bond donors (Lipinski definition) is 2. The van der Waals surface area contributed by atoms with Gasteiger partial charge in [0.05, 0.1) is 17.8 Å². The van der Waals surface area contributed by atoms with Gasteiger partial charge in [-0.25, -0.2) is 9.79 Å². The van der Waals surface area contributed by atoms with Crippen molar-refractivity contribution in [1.29, 1.82) is 0 Å². The first kappa shape index (κ1) is 23.4. The number of carbonyl (C=O) groups excluding carboxylic acids is 2. The SMILES string of the molecule is O=C(O)c1ccc(NC(=O)[C@H]2CC(=O)N(Cc3ccc4c(c3)OCO4)C(=Nc3ccccc3)S2)cc1. The molecule has 0 saturated carbocycles. The molecule has 0 aliphatic carbocycles. The molecule has 0 unspecified atom stereocenters. The lowest BCUT2D eigenvalue weighted by molar-refractivity contribution is -0.129. The molecule has 2 N–H and O–H groups in total. The van der Waals surface area contributed by atoms with Crippen molar-refractivity contribution in [3.05, 3.63) is 83.9 Å². The first-order valence-corrected chi connectivity index (χ1v) is 12.0. The van der Waals surface area contributed by atoms with Gasteiger partial charge in [0.2, 0.25) is 18.6 Å². The first-order chi connectivity index (χ1) is 17.5. The van der Waals surface area contributed by atoms with E-state index in [0.717, 1.165) is 5.56 Å². The van der Waals surface area contributed by atoms with E-state index in [1.54, 1.807) is 11.0 Å². The minimum atomic E-state index is -1.05. The molecule has 0 radical (unpaired) electrons. The van der Waals surface area contributed by atoms with Crippen molar-refractivity contribution in [2.24, 2.45) is 4.99 Å². The number of aliphatic imine (C=N–C) groups is 1. The van der Waals surface area contributed by atoms with Crippen LogP contribution in [0, 0.1) is 0 Å². The highest BCUT2D eigenvalue weighted by molar-refractivity contribution is 8.15. The van der Waals surface area contributed by atoms with Gasteiger partial charge in [-0.2, -0.15) is 0 Å². The van der Waals surface area contributed by atoms with Crippen LogP contribution in [0.3, 0.4) is 0 Å². The van der Waals surface area contributed by atoms with E-state index in [1.807, 2.05) is 42.5 Å². The van der Waals surface area contributed by atoms with Gasteiger partial charge in [-0.15, -0.1) is 0 Å². The number of nitrogens with one attached hydrogen (secondary N) is 1. The minimum Gasteiger partial charge on any atom is -0.478 e. The van der Waals surface area contributed by atoms with Crippen LogP contribution in [0.15, 0.2) is 77.8 Å². The van der Waals surface area contributed by atoms with E-state index in [4.69, 9.17) is 14.6 Å². The van der Waals surface area contributed by atoms with E-state index in [2.05, 4.69) is 10.3 Å². The van der Waals surface area contributed by atoms with E-state index in [0.29, 0.717) is 28.0 Å². The lowest BCUT2D eigenvalue weighted by Gasteiger charge is -2.32. The number of carbonyl (C=O) groups is 3. The number of anilines is 1. The Morgan fingerprint density at radius 1 is 1.03 bits per heavy atom. The number of ether oxygens (including phenoxy) is 2. The average Bonchev–Trinajstić information content (AvgIpc) is 3.35. The highest BCUT2D eigenvalue weighted by Gasteiger charge is 2.36. The Balaban J connectivity index is 1.37. The van der Waals surface area contributed by atoms with Crippen LogP contribution in [-0.4, -0.2) is 45.0 Å². The molecule has 1 saturated heterocycles. The molecule has 1 fully saturated rings. The molecular weight excluding hydrogens is 482 g/mol. The topological polar surface area (TPSA) is 118 Å². The Kier molecular flexibility index (Phi) is 6.59. The summed E-state index contributed by atoms with van der Waals surface area (Å²) >= 11 is 1.21. The summed E-state index contributed by atoms with van der Waals surface area (Å²) in [6.07, 6.45) is -0.0118. The fraction of sp³-hybridized carbons (Fsp3) is 0.154. The van der Waals surface area contributed by atoms with E-state index in [9.17, 15) is 14.4 Å². The second-order valence-electron chi connectivity index (χ2n) is 8.08. The van der Waals surface area contributed by atoms with Crippen LogP contribution < -0.4 is 14.8 Å². The maximum absolute atomic E-state index is 13.3. The molecule has 1 atom stereocenters. The van der Waals surface area contributed by atoms with Crippen LogP contribution in [0.2, 0.25) is 0 Å². The van der Waals surface area contributed by atoms with Crippen molar-refractivity contribution in [2.75, 3.05) is 12.1 Å². The van der Waals surface area contributed by atoms with Crippen LogP contribution in [0.5, 0.6) is 11.5 Å². The number of amides is 2. The van der Waals surface area contributed by atoms with Crippen LogP contribution in [0.1, 0.15) is 22.3 Å². The Bertz CT molecular complexity index is 1340. The molecule has 9 nitrogen and oxygen atoms in total.